The van der Waals surface area contributed by atoms with Gasteiger partial charge in [0.15, 0.2) is 0 Å². The molecule has 0 saturated carbocycles. The third kappa shape index (κ3) is 8.18. The van der Waals surface area contributed by atoms with E-state index in [9.17, 15) is 18.0 Å². The van der Waals surface area contributed by atoms with Crippen molar-refractivity contribution in [2.45, 2.75) is 44.7 Å². The summed E-state index contributed by atoms with van der Waals surface area (Å²) < 4.78 is 29.6. The lowest BCUT2D eigenvalue weighted by Crippen LogP contribution is -2.52. The monoisotopic (exact) mass is 681 g/mol. The van der Waals surface area contributed by atoms with Crippen LogP contribution in [0, 0.1) is 9.49 Å². The highest BCUT2D eigenvalue weighted by Gasteiger charge is 2.33. The predicted octanol–water partition coefficient (Wildman–Crippen LogP) is 5.72. The molecule has 0 bridgehead atoms. The summed E-state index contributed by atoms with van der Waals surface area (Å²) in [5.41, 5.74) is 1.01. The minimum absolute atomic E-state index is 0.0536. The molecule has 3 aromatic rings. The summed E-state index contributed by atoms with van der Waals surface area (Å²) in [4.78, 5) is 28.8. The third-order valence-electron chi connectivity index (χ3n) is 6.09. The second-order valence-electron chi connectivity index (χ2n) is 9.48. The maximum absolute atomic E-state index is 14.0. The minimum atomic E-state index is -4.09. The molecule has 1 N–H and O–H groups in total. The molecular weight excluding hydrogens is 649 g/mol. The Morgan fingerprint density at radius 3 is 2.15 bits per heavy atom. The molecule has 0 fully saturated rings. The highest BCUT2D eigenvalue weighted by atomic mass is 127. The van der Waals surface area contributed by atoms with E-state index >= 15 is 0 Å². The molecule has 208 valence electrons. The number of amides is 2. The third-order valence-corrected chi connectivity index (χ3v) is 8.97. The highest BCUT2D eigenvalue weighted by Crippen LogP contribution is 2.26. The van der Waals surface area contributed by atoms with E-state index in [1.165, 1.54) is 17.0 Å². The maximum Gasteiger partial charge on any atom is 0.264 e. The topological polar surface area (TPSA) is 86.8 Å². The van der Waals surface area contributed by atoms with Crippen LogP contribution in [0.15, 0.2) is 83.8 Å². The molecule has 7 nitrogen and oxygen atoms in total. The number of benzene rings is 3. The van der Waals surface area contributed by atoms with Crippen molar-refractivity contribution in [3.63, 3.8) is 0 Å². The summed E-state index contributed by atoms with van der Waals surface area (Å²) in [6.07, 6.45) is 0.342. The zero-order chi connectivity index (χ0) is 28.6. The van der Waals surface area contributed by atoms with E-state index < -0.39 is 28.5 Å². The van der Waals surface area contributed by atoms with Crippen LogP contribution in [0.1, 0.15) is 32.8 Å². The SMILES string of the molecule is CC[C@H](C(=O)NCC(C)C)N(Cc1ccccc1Cl)C(=O)CN(c1ccc(I)cc1)S(=O)(=O)c1ccccc1. The Labute approximate surface area is 249 Å². The molecule has 0 aliphatic rings. The van der Waals surface area contributed by atoms with Gasteiger partial charge in [-0.3, -0.25) is 13.9 Å². The van der Waals surface area contributed by atoms with Crippen LogP contribution in [0.3, 0.4) is 0 Å². The van der Waals surface area contributed by atoms with Crippen LogP contribution in [-0.2, 0) is 26.2 Å². The zero-order valence-corrected chi connectivity index (χ0v) is 25.9. The second kappa shape index (κ2) is 14.1. The number of sulfonamides is 1. The van der Waals surface area contributed by atoms with Crippen LogP contribution in [0.25, 0.3) is 0 Å². The summed E-state index contributed by atoms with van der Waals surface area (Å²) in [6.45, 7) is 5.82. The summed E-state index contributed by atoms with van der Waals surface area (Å²) in [6, 6.07) is 21.2. The van der Waals surface area contributed by atoms with Gasteiger partial charge in [0.25, 0.3) is 10.0 Å². The summed E-state index contributed by atoms with van der Waals surface area (Å²) >= 11 is 8.56. The van der Waals surface area contributed by atoms with Crippen molar-refractivity contribution in [1.82, 2.24) is 10.2 Å². The smallest absolute Gasteiger partial charge is 0.264 e. The number of carbonyl (C=O) groups is 2. The van der Waals surface area contributed by atoms with Crippen LogP contribution in [0.2, 0.25) is 5.02 Å². The van der Waals surface area contributed by atoms with E-state index in [-0.39, 0.29) is 23.3 Å². The van der Waals surface area contributed by atoms with Gasteiger partial charge in [0.1, 0.15) is 12.6 Å². The Morgan fingerprint density at radius 1 is 0.949 bits per heavy atom. The van der Waals surface area contributed by atoms with Gasteiger partial charge in [-0.2, -0.15) is 0 Å². The van der Waals surface area contributed by atoms with Gasteiger partial charge < -0.3 is 10.2 Å². The van der Waals surface area contributed by atoms with Gasteiger partial charge in [-0.05, 0) is 83.0 Å². The molecule has 2 amide bonds. The number of rotatable bonds is 12. The van der Waals surface area contributed by atoms with Crippen molar-refractivity contribution >= 4 is 61.7 Å². The number of halogens is 2. The molecule has 1 atom stereocenters. The molecule has 0 radical (unpaired) electrons. The van der Waals surface area contributed by atoms with Crippen LogP contribution in [-0.4, -0.2) is 44.3 Å². The molecule has 0 spiro atoms. The van der Waals surface area contributed by atoms with Crippen molar-refractivity contribution in [2.24, 2.45) is 5.92 Å². The number of hydrogen-bond donors (Lipinski definition) is 1. The number of nitrogens with zero attached hydrogens (tertiary/aromatic N) is 2. The summed E-state index contributed by atoms with van der Waals surface area (Å²) in [5.74, 6) is -0.579. The normalized spacial score (nSPS) is 12.2. The van der Waals surface area contributed by atoms with E-state index in [0.717, 1.165) is 7.88 Å². The average molecular weight is 682 g/mol. The molecule has 0 unspecified atom stereocenters. The average Bonchev–Trinajstić information content (AvgIpc) is 2.92. The van der Waals surface area contributed by atoms with Gasteiger partial charge in [0.05, 0.1) is 10.6 Å². The van der Waals surface area contributed by atoms with Gasteiger partial charge >= 0.3 is 0 Å². The van der Waals surface area contributed by atoms with Crippen LogP contribution in [0.5, 0.6) is 0 Å². The summed E-state index contributed by atoms with van der Waals surface area (Å²) in [7, 11) is -4.09. The van der Waals surface area contributed by atoms with Gasteiger partial charge in [-0.1, -0.05) is 68.8 Å². The van der Waals surface area contributed by atoms with Crippen LogP contribution < -0.4 is 9.62 Å². The molecule has 3 rings (SSSR count). The minimum Gasteiger partial charge on any atom is -0.354 e. The Balaban J connectivity index is 2.04. The molecule has 0 heterocycles. The molecule has 3 aromatic carbocycles. The Bertz CT molecular complexity index is 1370. The van der Waals surface area contributed by atoms with Crippen molar-refractivity contribution in [3.8, 4) is 0 Å². The first-order valence-electron chi connectivity index (χ1n) is 12.7. The largest absolute Gasteiger partial charge is 0.354 e. The van der Waals surface area contributed by atoms with Gasteiger partial charge in [-0.25, -0.2) is 8.42 Å². The van der Waals surface area contributed by atoms with E-state index in [1.807, 2.05) is 20.8 Å². The predicted molar refractivity (Wildman–Crippen MR) is 164 cm³/mol. The number of hydrogen-bond acceptors (Lipinski definition) is 4. The van der Waals surface area contributed by atoms with Gasteiger partial charge in [0, 0.05) is 21.7 Å². The molecule has 0 aromatic heterocycles. The van der Waals surface area contributed by atoms with Crippen molar-refractivity contribution in [1.29, 1.82) is 0 Å². The summed E-state index contributed by atoms with van der Waals surface area (Å²) in [5, 5.41) is 3.38. The van der Waals surface area contributed by atoms with E-state index in [2.05, 4.69) is 27.9 Å². The zero-order valence-electron chi connectivity index (χ0n) is 22.2. The van der Waals surface area contributed by atoms with E-state index in [4.69, 9.17) is 11.6 Å². The maximum atomic E-state index is 14.0. The van der Waals surface area contributed by atoms with Crippen LogP contribution in [0.4, 0.5) is 5.69 Å². The first kappa shape index (κ1) is 30.9. The standard InChI is InChI=1S/C29H33ClIN3O4S/c1-4-27(29(36)32-18-21(2)3)33(19-22-10-8-9-13-26(22)30)28(35)20-34(24-16-14-23(31)15-17-24)39(37,38)25-11-6-5-7-12-25/h5-17,21,27H,4,18-20H2,1-3H3,(H,32,36)/t27-/m1/s1. The van der Waals surface area contributed by atoms with Gasteiger partial charge in [-0.15, -0.1) is 0 Å². The van der Waals surface area contributed by atoms with E-state index in [1.54, 1.807) is 66.7 Å². The quantitative estimate of drug-likeness (QED) is 0.248. The first-order valence-corrected chi connectivity index (χ1v) is 15.6. The fourth-order valence-corrected chi connectivity index (χ4v) is 6.00. The number of nitrogens with one attached hydrogen (secondary N) is 1. The molecular formula is C29H33ClIN3O4S. The fraction of sp³-hybridized carbons (Fsp3) is 0.310. The van der Waals surface area contributed by atoms with Crippen molar-refractivity contribution < 1.29 is 18.0 Å². The second-order valence-corrected chi connectivity index (χ2v) is 13.0. The van der Waals surface area contributed by atoms with Crippen molar-refractivity contribution in [3.05, 3.63) is 93.0 Å². The lowest BCUT2D eigenvalue weighted by Gasteiger charge is -2.33. The molecule has 0 aliphatic carbocycles. The Morgan fingerprint density at radius 2 is 1.56 bits per heavy atom. The number of anilines is 1. The molecule has 39 heavy (non-hydrogen) atoms. The van der Waals surface area contributed by atoms with Crippen LogP contribution >= 0.6 is 34.2 Å². The first-order chi connectivity index (χ1) is 18.5. The fourth-order valence-electron chi connectivity index (χ4n) is 4.01. The molecule has 10 heteroatoms. The van der Waals surface area contributed by atoms with Crippen molar-refractivity contribution in [2.75, 3.05) is 17.4 Å². The lowest BCUT2D eigenvalue weighted by atomic mass is 10.1. The molecule has 0 aliphatic heterocycles. The Kier molecular flexibility index (Phi) is 11.2. The number of carbonyl (C=O) groups excluding carboxylic acids is 2. The van der Waals surface area contributed by atoms with E-state index in [0.29, 0.717) is 29.2 Å². The molecule has 0 saturated heterocycles. The highest BCUT2D eigenvalue weighted by molar-refractivity contribution is 14.1. The van der Waals surface area contributed by atoms with Gasteiger partial charge in [0.2, 0.25) is 11.8 Å². The lowest BCUT2D eigenvalue weighted by molar-refractivity contribution is -0.140. The Hall–Kier alpha value is -2.63.